The quantitative estimate of drug-likeness (QED) is 0.332. The van der Waals surface area contributed by atoms with Gasteiger partial charge in [-0.2, -0.15) is 0 Å². The molecule has 0 aromatic heterocycles. The van der Waals surface area contributed by atoms with Crippen LogP contribution in [-0.2, 0) is 9.84 Å². The van der Waals surface area contributed by atoms with Gasteiger partial charge in [-0.15, -0.1) is 0 Å². The van der Waals surface area contributed by atoms with Gasteiger partial charge in [0.05, 0.1) is 9.79 Å². The normalized spacial score (nSPS) is 18.9. The summed E-state index contributed by atoms with van der Waals surface area (Å²) in [5, 5.41) is 20.9. The lowest BCUT2D eigenvalue weighted by Crippen LogP contribution is -2.40. The fourth-order valence-electron chi connectivity index (χ4n) is 6.06. The molecule has 0 aliphatic heterocycles. The molecule has 0 heterocycles. The maximum atomic E-state index is 13.2. The second-order valence-electron chi connectivity index (χ2n) is 11.8. The van der Waals surface area contributed by atoms with Crippen LogP contribution in [0.5, 0.6) is 11.5 Å². The predicted molar refractivity (Wildman–Crippen MR) is 160 cm³/mol. The lowest BCUT2D eigenvalue weighted by atomic mass is 9.94. The van der Waals surface area contributed by atoms with Crippen LogP contribution in [0.15, 0.2) is 58.3 Å². The van der Waals surface area contributed by atoms with Crippen molar-refractivity contribution < 1.29 is 28.1 Å². The zero-order valence-corrected chi connectivity index (χ0v) is 25.5. The number of nitrogens with zero attached hydrogens (tertiary/aromatic N) is 2. The molecule has 9 heteroatoms. The molecule has 2 aromatic carbocycles. The second kappa shape index (κ2) is 15.3. The summed E-state index contributed by atoms with van der Waals surface area (Å²) < 4.78 is 37.8. The molecule has 2 fully saturated rings. The molecule has 0 radical (unpaired) electrons. The van der Waals surface area contributed by atoms with Gasteiger partial charge in [-0.05, 0) is 88.3 Å². The Morgan fingerprint density at radius 1 is 0.659 bits per heavy atom. The Bertz CT molecular complexity index is 1060. The highest BCUT2D eigenvalue weighted by Gasteiger charge is 2.22. The Balaban J connectivity index is 1.23. The summed E-state index contributed by atoms with van der Waals surface area (Å²) in [6.45, 7) is 1.40. The van der Waals surface area contributed by atoms with Gasteiger partial charge in [-0.25, -0.2) is 8.42 Å². The highest BCUT2D eigenvalue weighted by molar-refractivity contribution is 7.91. The molecule has 0 unspecified atom stereocenters. The summed E-state index contributed by atoms with van der Waals surface area (Å²) in [5.74, 6) is 1.03. The van der Waals surface area contributed by atoms with Crippen molar-refractivity contribution >= 4 is 9.84 Å². The van der Waals surface area contributed by atoms with E-state index in [2.05, 4.69) is 23.9 Å². The minimum Gasteiger partial charge on any atom is -0.491 e. The second-order valence-corrected chi connectivity index (χ2v) is 13.8. The van der Waals surface area contributed by atoms with Gasteiger partial charge in [0, 0.05) is 25.2 Å². The standard InChI is InChI=1S/C32H48N2O6S/c1-33(25-9-5-3-6-10-25)21-27(35)23-39-29-13-17-31(18-14-29)41(37,38)32-19-15-30(16-20-32)40-24-28(36)22-34(2)26-11-7-4-8-12-26/h13-20,25-28,35-36H,3-12,21-24H2,1-2H3/t27-,28-/m1/s1. The predicted octanol–water partition coefficient (Wildman–Crippen LogP) is 4.53. The molecule has 0 spiro atoms. The van der Waals surface area contributed by atoms with E-state index in [1.165, 1.54) is 88.5 Å². The first-order valence-electron chi connectivity index (χ1n) is 15.2. The maximum Gasteiger partial charge on any atom is 0.206 e. The molecule has 2 atom stereocenters. The number of hydrogen-bond donors (Lipinski definition) is 2. The molecule has 2 saturated carbocycles. The van der Waals surface area contributed by atoms with E-state index in [4.69, 9.17) is 9.47 Å². The lowest BCUT2D eigenvalue weighted by molar-refractivity contribution is 0.0561. The average molecular weight is 589 g/mol. The first-order valence-corrected chi connectivity index (χ1v) is 16.7. The Morgan fingerprint density at radius 3 is 1.34 bits per heavy atom. The van der Waals surface area contributed by atoms with E-state index in [-0.39, 0.29) is 23.0 Å². The average Bonchev–Trinajstić information content (AvgIpc) is 3.00. The van der Waals surface area contributed by atoms with Crippen LogP contribution in [0.1, 0.15) is 64.2 Å². The van der Waals surface area contributed by atoms with Crippen LogP contribution in [0, 0.1) is 0 Å². The molecule has 0 amide bonds. The highest BCUT2D eigenvalue weighted by atomic mass is 32.2. The van der Waals surface area contributed by atoms with Gasteiger partial charge in [0.25, 0.3) is 0 Å². The summed E-state index contributed by atoms with van der Waals surface area (Å²) in [4.78, 5) is 4.77. The van der Waals surface area contributed by atoms with Gasteiger partial charge < -0.3 is 29.5 Å². The van der Waals surface area contributed by atoms with Crippen molar-refractivity contribution in [2.45, 2.75) is 98.3 Å². The van der Waals surface area contributed by atoms with Crippen LogP contribution in [0.2, 0.25) is 0 Å². The molecular formula is C32H48N2O6S. The first-order chi connectivity index (χ1) is 19.7. The van der Waals surface area contributed by atoms with Crippen molar-refractivity contribution in [1.29, 1.82) is 0 Å². The Hall–Kier alpha value is -2.17. The van der Waals surface area contributed by atoms with Crippen LogP contribution in [0.4, 0.5) is 0 Å². The van der Waals surface area contributed by atoms with Crippen molar-refractivity contribution in [3.63, 3.8) is 0 Å². The van der Waals surface area contributed by atoms with E-state index in [0.29, 0.717) is 36.7 Å². The number of aliphatic hydroxyl groups excluding tert-OH is 2. The Kier molecular flexibility index (Phi) is 11.9. The minimum atomic E-state index is -3.72. The van der Waals surface area contributed by atoms with Crippen molar-refractivity contribution in [3.8, 4) is 11.5 Å². The van der Waals surface area contributed by atoms with Crippen LogP contribution in [0.3, 0.4) is 0 Å². The molecule has 2 aromatic rings. The molecule has 0 saturated heterocycles. The number of hydrogen-bond acceptors (Lipinski definition) is 8. The van der Waals surface area contributed by atoms with Crippen molar-refractivity contribution in [2.24, 2.45) is 0 Å². The summed E-state index contributed by atoms with van der Waals surface area (Å²) in [5.41, 5.74) is 0. The van der Waals surface area contributed by atoms with Gasteiger partial charge in [0.15, 0.2) is 0 Å². The summed E-state index contributed by atoms with van der Waals surface area (Å²) in [6.07, 6.45) is 11.1. The minimum absolute atomic E-state index is 0.149. The SMILES string of the molecule is CN(C[C@@H](O)COc1ccc(S(=O)(=O)c2ccc(OC[C@H](O)CN(C)C3CCCCC3)cc2)cc1)C1CCCCC1. The van der Waals surface area contributed by atoms with Gasteiger partial charge >= 0.3 is 0 Å². The third kappa shape index (κ3) is 9.41. The Labute approximate surface area is 246 Å². The van der Waals surface area contributed by atoms with Crippen molar-refractivity contribution in [3.05, 3.63) is 48.5 Å². The summed E-state index contributed by atoms with van der Waals surface area (Å²) in [6, 6.07) is 13.6. The van der Waals surface area contributed by atoms with Crippen molar-refractivity contribution in [2.75, 3.05) is 40.4 Å². The molecule has 0 bridgehead atoms. The molecule has 2 aliphatic carbocycles. The van der Waals surface area contributed by atoms with Crippen LogP contribution in [0.25, 0.3) is 0 Å². The van der Waals surface area contributed by atoms with E-state index in [1.807, 2.05) is 0 Å². The summed E-state index contributed by atoms with van der Waals surface area (Å²) in [7, 11) is 0.393. The third-order valence-corrected chi connectivity index (χ3v) is 10.3. The van der Waals surface area contributed by atoms with E-state index in [9.17, 15) is 18.6 Å². The summed E-state index contributed by atoms with van der Waals surface area (Å²) >= 11 is 0. The monoisotopic (exact) mass is 588 g/mol. The molecule has 2 aliphatic rings. The van der Waals surface area contributed by atoms with E-state index in [1.54, 1.807) is 24.3 Å². The number of rotatable bonds is 14. The number of likely N-dealkylation sites (N-methyl/N-ethyl adjacent to an activating group) is 2. The number of benzene rings is 2. The van der Waals surface area contributed by atoms with E-state index in [0.717, 1.165) is 0 Å². The highest BCUT2D eigenvalue weighted by Crippen LogP contribution is 2.26. The smallest absolute Gasteiger partial charge is 0.206 e. The Morgan fingerprint density at radius 2 is 1.00 bits per heavy atom. The van der Waals surface area contributed by atoms with Gasteiger partial charge in [0.2, 0.25) is 9.84 Å². The number of sulfone groups is 1. The number of ether oxygens (including phenoxy) is 2. The largest absolute Gasteiger partial charge is 0.491 e. The van der Waals surface area contributed by atoms with Crippen LogP contribution < -0.4 is 9.47 Å². The molecule has 2 N–H and O–H groups in total. The first kappa shape index (κ1) is 31.8. The molecule has 4 rings (SSSR count). The van der Waals surface area contributed by atoms with Gasteiger partial charge in [0.1, 0.15) is 36.9 Å². The van der Waals surface area contributed by atoms with E-state index < -0.39 is 22.0 Å². The molecule has 8 nitrogen and oxygen atoms in total. The topological polar surface area (TPSA) is 99.5 Å². The van der Waals surface area contributed by atoms with E-state index >= 15 is 0 Å². The van der Waals surface area contributed by atoms with Crippen LogP contribution >= 0.6 is 0 Å². The van der Waals surface area contributed by atoms with Gasteiger partial charge in [-0.3, -0.25) is 0 Å². The molecule has 41 heavy (non-hydrogen) atoms. The van der Waals surface area contributed by atoms with Crippen molar-refractivity contribution in [1.82, 2.24) is 9.80 Å². The van der Waals surface area contributed by atoms with Gasteiger partial charge in [-0.1, -0.05) is 38.5 Å². The number of aliphatic hydroxyl groups is 2. The molecule has 228 valence electrons. The van der Waals surface area contributed by atoms with Crippen LogP contribution in [-0.4, -0.2) is 93.1 Å². The maximum absolute atomic E-state index is 13.2. The zero-order chi connectivity index (χ0) is 29.2. The fraction of sp³-hybridized carbons (Fsp3) is 0.625. The lowest BCUT2D eigenvalue weighted by Gasteiger charge is -2.32. The fourth-order valence-corrected chi connectivity index (χ4v) is 7.32. The zero-order valence-electron chi connectivity index (χ0n) is 24.7. The third-order valence-electron chi connectivity index (χ3n) is 8.55. The molecular weight excluding hydrogens is 540 g/mol.